The highest BCUT2D eigenvalue weighted by Gasteiger charge is 2.23. The van der Waals surface area contributed by atoms with Crippen LogP contribution in [0.1, 0.15) is 0 Å². The van der Waals surface area contributed by atoms with Gasteiger partial charge in [0.2, 0.25) is 0 Å². The zero-order valence-electron chi connectivity index (χ0n) is 27.8. The molecule has 3 nitrogen and oxygen atoms in total. The Morgan fingerprint density at radius 3 is 1.82 bits per heavy atom. The molecule has 0 fully saturated rings. The molecule has 0 N–H and O–H groups in total. The minimum Gasteiger partial charge on any atom is -0.456 e. The third-order valence-electron chi connectivity index (χ3n) is 10.00. The van der Waals surface area contributed by atoms with Crippen molar-refractivity contribution in [1.82, 2.24) is 4.57 Å². The second kappa shape index (κ2) is 11.9. The van der Waals surface area contributed by atoms with Crippen LogP contribution in [-0.2, 0) is 0 Å². The summed E-state index contributed by atoms with van der Waals surface area (Å²) in [5.41, 5.74) is 13.2. The van der Waals surface area contributed by atoms with Gasteiger partial charge in [0.25, 0.3) is 0 Å². The van der Waals surface area contributed by atoms with E-state index < -0.39 is 0 Å². The zero-order chi connectivity index (χ0) is 33.7. The first-order chi connectivity index (χ1) is 25.3. The van der Waals surface area contributed by atoms with Crippen molar-refractivity contribution in [3.8, 4) is 27.9 Å². The molecule has 0 radical (unpaired) electrons. The smallest absolute Gasteiger partial charge is 0.137 e. The Morgan fingerprint density at radius 2 is 1.00 bits per heavy atom. The molecule has 8 aromatic carbocycles. The highest BCUT2D eigenvalue weighted by Crippen LogP contribution is 2.47. The lowest BCUT2D eigenvalue weighted by Crippen LogP contribution is -2.11. The van der Waals surface area contributed by atoms with Crippen LogP contribution in [0.25, 0.3) is 71.7 Å². The first-order valence-electron chi connectivity index (χ1n) is 17.4. The quantitative estimate of drug-likeness (QED) is 0.178. The van der Waals surface area contributed by atoms with E-state index in [-0.39, 0.29) is 0 Å². The number of rotatable bonds is 6. The first kappa shape index (κ1) is 29.1. The summed E-state index contributed by atoms with van der Waals surface area (Å²) in [6.45, 7) is 0. The van der Waals surface area contributed by atoms with E-state index in [1.54, 1.807) is 0 Å². The largest absolute Gasteiger partial charge is 0.456 e. The van der Waals surface area contributed by atoms with Crippen molar-refractivity contribution >= 4 is 60.8 Å². The summed E-state index contributed by atoms with van der Waals surface area (Å²) < 4.78 is 8.74. The molecule has 2 aromatic heterocycles. The van der Waals surface area contributed by atoms with Crippen molar-refractivity contribution in [3.63, 3.8) is 0 Å². The second-order valence-electron chi connectivity index (χ2n) is 12.9. The van der Waals surface area contributed by atoms with Crippen LogP contribution in [0.4, 0.5) is 17.1 Å². The van der Waals surface area contributed by atoms with Gasteiger partial charge < -0.3 is 13.9 Å². The van der Waals surface area contributed by atoms with Crippen LogP contribution in [0.3, 0.4) is 0 Å². The molecule has 51 heavy (non-hydrogen) atoms. The second-order valence-corrected chi connectivity index (χ2v) is 12.9. The maximum Gasteiger partial charge on any atom is 0.137 e. The van der Waals surface area contributed by atoms with E-state index in [1.807, 2.05) is 12.1 Å². The van der Waals surface area contributed by atoms with Gasteiger partial charge in [0.1, 0.15) is 11.2 Å². The maximum atomic E-state index is 6.37. The highest BCUT2D eigenvalue weighted by molar-refractivity contribution is 6.17. The van der Waals surface area contributed by atoms with E-state index in [9.17, 15) is 0 Å². The fraction of sp³-hybridized carbons (Fsp3) is 0. The Kier molecular flexibility index (Phi) is 6.81. The molecule has 0 aliphatic rings. The molecule has 3 heteroatoms. The van der Waals surface area contributed by atoms with Gasteiger partial charge >= 0.3 is 0 Å². The maximum absolute atomic E-state index is 6.37. The lowest BCUT2D eigenvalue weighted by atomic mass is 10.00. The molecule has 0 bridgehead atoms. The predicted molar refractivity (Wildman–Crippen MR) is 214 cm³/mol. The van der Waals surface area contributed by atoms with E-state index in [1.165, 1.54) is 33.0 Å². The first-order valence-corrected chi connectivity index (χ1v) is 17.4. The molecule has 0 spiro atoms. The van der Waals surface area contributed by atoms with Gasteiger partial charge in [-0.05, 0) is 71.3 Å². The fourth-order valence-electron chi connectivity index (χ4n) is 7.69. The number of hydrogen-bond donors (Lipinski definition) is 0. The number of furan rings is 1. The predicted octanol–water partition coefficient (Wildman–Crippen LogP) is 13.5. The number of para-hydroxylation sites is 3. The van der Waals surface area contributed by atoms with Crippen LogP contribution in [0.15, 0.2) is 199 Å². The van der Waals surface area contributed by atoms with E-state index in [2.05, 4.69) is 191 Å². The lowest BCUT2D eigenvalue weighted by Gasteiger charge is -2.29. The third kappa shape index (κ3) is 4.82. The summed E-state index contributed by atoms with van der Waals surface area (Å²) in [6, 6.07) is 69.2. The molecule has 0 aliphatic heterocycles. The van der Waals surface area contributed by atoms with Gasteiger partial charge in [0.15, 0.2) is 0 Å². The zero-order valence-corrected chi connectivity index (χ0v) is 27.8. The van der Waals surface area contributed by atoms with Crippen molar-refractivity contribution in [1.29, 1.82) is 0 Å². The Bertz CT molecular complexity index is 2850. The van der Waals surface area contributed by atoms with Crippen LogP contribution in [-0.4, -0.2) is 4.57 Å². The van der Waals surface area contributed by atoms with Crippen molar-refractivity contribution < 1.29 is 4.42 Å². The van der Waals surface area contributed by atoms with Crippen LogP contribution < -0.4 is 4.90 Å². The summed E-state index contributed by atoms with van der Waals surface area (Å²) in [7, 11) is 0. The number of nitrogens with zero attached hydrogens (tertiary/aromatic N) is 2. The number of hydrogen-bond acceptors (Lipinski definition) is 2. The monoisotopic (exact) mass is 652 g/mol. The Labute approximate surface area is 295 Å². The van der Waals surface area contributed by atoms with Gasteiger partial charge in [0.05, 0.1) is 22.4 Å². The van der Waals surface area contributed by atoms with E-state index >= 15 is 0 Å². The summed E-state index contributed by atoms with van der Waals surface area (Å²) >= 11 is 0. The average molecular weight is 653 g/mol. The van der Waals surface area contributed by atoms with Crippen LogP contribution in [0.5, 0.6) is 0 Å². The van der Waals surface area contributed by atoms with Gasteiger partial charge in [-0.1, -0.05) is 133 Å². The molecular weight excluding hydrogens is 621 g/mol. The molecule has 0 saturated heterocycles. The SMILES string of the molecule is c1ccc(-c2ccc(N(c3ccccc3-c3ccccc3)c3cccc4c3c3ccccc3n4-c3ccc4c(c3)oc3ccccc34)cc2)cc1. The van der Waals surface area contributed by atoms with Crippen LogP contribution in [0, 0.1) is 0 Å². The summed E-state index contributed by atoms with van der Waals surface area (Å²) in [6.07, 6.45) is 0. The molecular formula is C48H32N2O. The van der Waals surface area contributed by atoms with Crippen LogP contribution >= 0.6 is 0 Å². The number of benzene rings is 8. The molecule has 0 saturated carbocycles. The summed E-state index contributed by atoms with van der Waals surface area (Å²) in [5.74, 6) is 0. The van der Waals surface area contributed by atoms with Crippen LogP contribution in [0.2, 0.25) is 0 Å². The topological polar surface area (TPSA) is 21.3 Å². The van der Waals surface area contributed by atoms with E-state index in [4.69, 9.17) is 4.42 Å². The lowest BCUT2D eigenvalue weighted by molar-refractivity contribution is 0.668. The average Bonchev–Trinajstić information content (AvgIpc) is 3.75. The molecule has 0 atom stereocenters. The van der Waals surface area contributed by atoms with Crippen molar-refractivity contribution in [2.24, 2.45) is 0 Å². The Morgan fingerprint density at radius 1 is 0.392 bits per heavy atom. The summed E-state index contributed by atoms with van der Waals surface area (Å²) in [5, 5.41) is 4.64. The van der Waals surface area contributed by atoms with Crippen molar-refractivity contribution in [3.05, 3.63) is 194 Å². The highest BCUT2D eigenvalue weighted by atomic mass is 16.3. The minimum absolute atomic E-state index is 0.882. The molecule has 0 unspecified atom stereocenters. The standard InChI is InChI=1S/C48H32N2O/c1-3-14-33(15-4-1)34-26-28-36(29-27-34)49(42-21-10-7-18-38(42)35-16-5-2-6-17-35)44-23-13-24-45-48(44)41-20-8-11-22-43(41)50(45)37-30-31-40-39-19-9-12-25-46(39)51-47(40)32-37/h1-32H. The number of anilines is 3. The van der Waals surface area contributed by atoms with E-state index in [0.29, 0.717) is 0 Å². The van der Waals surface area contributed by atoms with Gasteiger partial charge in [-0.3, -0.25) is 0 Å². The molecule has 240 valence electrons. The third-order valence-corrected chi connectivity index (χ3v) is 10.00. The molecule has 0 aliphatic carbocycles. The number of fused-ring (bicyclic) bond motifs is 6. The summed E-state index contributed by atoms with van der Waals surface area (Å²) in [4.78, 5) is 2.43. The molecule has 10 rings (SSSR count). The van der Waals surface area contributed by atoms with Gasteiger partial charge in [-0.2, -0.15) is 0 Å². The van der Waals surface area contributed by atoms with Crippen molar-refractivity contribution in [2.45, 2.75) is 0 Å². The van der Waals surface area contributed by atoms with E-state index in [0.717, 1.165) is 55.7 Å². The normalized spacial score (nSPS) is 11.5. The number of aromatic nitrogens is 1. The molecule has 2 heterocycles. The fourth-order valence-corrected chi connectivity index (χ4v) is 7.69. The van der Waals surface area contributed by atoms with Crippen molar-refractivity contribution in [2.75, 3.05) is 4.90 Å². The minimum atomic E-state index is 0.882. The van der Waals surface area contributed by atoms with Gasteiger partial charge in [0, 0.05) is 44.5 Å². The Hall–Kier alpha value is -6.84. The Balaban J connectivity index is 1.23. The van der Waals surface area contributed by atoms with Gasteiger partial charge in [-0.25, -0.2) is 0 Å². The molecule has 0 amide bonds. The molecule has 10 aromatic rings. The van der Waals surface area contributed by atoms with Gasteiger partial charge in [-0.15, -0.1) is 0 Å².